The molecule has 1 amide bonds. The molecule has 1 aliphatic rings. The fraction of sp³-hybridized carbons (Fsp3) is 0.889. The zero-order chi connectivity index (χ0) is 12.3. The van der Waals surface area contributed by atoms with Gasteiger partial charge in [0.1, 0.15) is 0 Å². The summed E-state index contributed by atoms with van der Waals surface area (Å²) >= 11 is 0. The highest BCUT2D eigenvalue weighted by molar-refractivity contribution is 5.81. The molecule has 0 aromatic carbocycles. The van der Waals surface area contributed by atoms with Crippen LogP contribution in [0, 0.1) is 0 Å². The summed E-state index contributed by atoms with van der Waals surface area (Å²) in [4.78, 5) is 14.6. The average molecular weight is 239 g/mol. The number of rotatable bonds is 2. The topological polar surface area (TPSA) is 35.6 Å². The first-order valence-electron chi connectivity index (χ1n) is 5.04. The van der Waals surface area contributed by atoms with Gasteiger partial charge in [-0.15, -0.1) is 0 Å². The second kappa shape index (κ2) is 5.01. The number of hydrogen-bond donors (Lipinski definition) is 1. The number of halogens is 3. The summed E-state index contributed by atoms with van der Waals surface area (Å²) in [5, 5.41) is 1.91. The van der Waals surface area contributed by atoms with E-state index in [0.29, 0.717) is 6.54 Å². The van der Waals surface area contributed by atoms with Gasteiger partial charge in [-0.1, -0.05) is 0 Å². The van der Waals surface area contributed by atoms with Gasteiger partial charge in [-0.25, -0.2) is 0 Å². The van der Waals surface area contributed by atoms with E-state index in [1.165, 1.54) is 0 Å². The van der Waals surface area contributed by atoms with Crippen LogP contribution in [0.4, 0.5) is 13.2 Å². The van der Waals surface area contributed by atoms with E-state index >= 15 is 0 Å². The van der Waals surface area contributed by atoms with Gasteiger partial charge in [0.25, 0.3) is 0 Å². The van der Waals surface area contributed by atoms with E-state index in [1.807, 2.05) is 29.2 Å². The molecule has 0 aliphatic carbocycles. The quantitative estimate of drug-likeness (QED) is 0.731. The number of carbonyl (C=O) groups is 1. The minimum absolute atomic E-state index is 0.0270. The molecule has 1 saturated heterocycles. The van der Waals surface area contributed by atoms with Gasteiger partial charge in [-0.2, -0.15) is 13.2 Å². The lowest BCUT2D eigenvalue weighted by Crippen LogP contribution is -2.55. The highest BCUT2D eigenvalue weighted by Crippen LogP contribution is 2.14. The van der Waals surface area contributed by atoms with Crippen LogP contribution in [-0.2, 0) is 4.79 Å². The average Bonchev–Trinajstić information content (AvgIpc) is 2.17. The molecule has 1 heterocycles. The molecule has 1 unspecified atom stereocenters. The lowest BCUT2D eigenvalue weighted by atomic mass is 10.2. The minimum atomic E-state index is -4.79. The molecule has 0 spiro atoms. The molecule has 0 aromatic rings. The molecule has 7 heteroatoms. The van der Waals surface area contributed by atoms with E-state index in [2.05, 4.69) is 0 Å². The van der Waals surface area contributed by atoms with Gasteiger partial charge in [0.05, 0.1) is 0 Å². The fourth-order valence-electron chi connectivity index (χ4n) is 1.63. The third kappa shape index (κ3) is 3.64. The van der Waals surface area contributed by atoms with E-state index in [0.717, 1.165) is 13.1 Å². The molecule has 0 bridgehead atoms. The van der Waals surface area contributed by atoms with Gasteiger partial charge in [0, 0.05) is 32.2 Å². The van der Waals surface area contributed by atoms with E-state index < -0.39 is 12.1 Å². The lowest BCUT2D eigenvalue weighted by molar-refractivity contribution is -0.173. The van der Waals surface area contributed by atoms with Crippen molar-refractivity contribution in [3.05, 3.63) is 0 Å². The van der Waals surface area contributed by atoms with Gasteiger partial charge in [0.15, 0.2) is 0 Å². The van der Waals surface area contributed by atoms with Crippen molar-refractivity contribution < 1.29 is 18.0 Å². The summed E-state index contributed by atoms with van der Waals surface area (Å²) in [6, 6.07) is -0.0648. The minimum Gasteiger partial charge on any atom is -0.347 e. The van der Waals surface area contributed by atoms with E-state index in [4.69, 9.17) is 0 Å². The maximum Gasteiger partial charge on any atom is 0.471 e. The van der Waals surface area contributed by atoms with Crippen LogP contribution < -0.4 is 5.32 Å². The first-order chi connectivity index (χ1) is 7.30. The van der Waals surface area contributed by atoms with Crippen molar-refractivity contribution >= 4 is 5.91 Å². The van der Waals surface area contributed by atoms with Gasteiger partial charge in [-0.05, 0) is 14.1 Å². The zero-order valence-electron chi connectivity index (χ0n) is 9.34. The molecule has 1 N–H and O–H groups in total. The van der Waals surface area contributed by atoms with Gasteiger partial charge < -0.3 is 10.2 Å². The molecule has 4 nitrogen and oxygen atoms in total. The number of carbonyl (C=O) groups excluding carboxylic acids is 1. The van der Waals surface area contributed by atoms with Gasteiger partial charge in [0.2, 0.25) is 0 Å². The Morgan fingerprint density at radius 1 is 1.38 bits per heavy atom. The predicted molar refractivity (Wildman–Crippen MR) is 53.0 cm³/mol. The van der Waals surface area contributed by atoms with Crippen molar-refractivity contribution in [2.75, 3.05) is 40.3 Å². The van der Waals surface area contributed by atoms with Crippen LogP contribution in [0.3, 0.4) is 0 Å². The first kappa shape index (κ1) is 13.2. The van der Waals surface area contributed by atoms with Crippen molar-refractivity contribution in [3.63, 3.8) is 0 Å². The van der Waals surface area contributed by atoms with E-state index in [9.17, 15) is 18.0 Å². The van der Waals surface area contributed by atoms with Crippen molar-refractivity contribution in [1.29, 1.82) is 0 Å². The summed E-state index contributed by atoms with van der Waals surface area (Å²) in [5.41, 5.74) is 0. The number of nitrogens with zero attached hydrogens (tertiary/aromatic N) is 2. The Balaban J connectivity index is 2.39. The van der Waals surface area contributed by atoms with Crippen molar-refractivity contribution in [2.45, 2.75) is 12.2 Å². The molecule has 1 aliphatic heterocycles. The Bertz CT molecular complexity index is 257. The number of alkyl halides is 3. The van der Waals surface area contributed by atoms with E-state index in [1.54, 1.807) is 0 Å². The Morgan fingerprint density at radius 3 is 2.56 bits per heavy atom. The highest BCUT2D eigenvalue weighted by Gasteiger charge is 2.39. The lowest BCUT2D eigenvalue weighted by Gasteiger charge is -2.37. The standard InChI is InChI=1S/C9H16F3N3O/c1-14-3-4-15(2)7(6-14)5-13-8(16)9(10,11)12/h7H,3-6H2,1-2H3,(H,13,16). The number of nitrogens with one attached hydrogen (secondary N) is 1. The number of piperazine rings is 1. The van der Waals surface area contributed by atoms with Crippen molar-refractivity contribution in [1.82, 2.24) is 15.1 Å². The molecule has 1 fully saturated rings. The van der Waals surface area contributed by atoms with Crippen LogP contribution in [0.1, 0.15) is 0 Å². The van der Waals surface area contributed by atoms with Gasteiger partial charge in [-0.3, -0.25) is 9.69 Å². The molecule has 1 atom stereocenters. The predicted octanol–water partition coefficient (Wildman–Crippen LogP) is -0.0893. The molecule has 94 valence electrons. The maximum absolute atomic E-state index is 11.9. The zero-order valence-corrected chi connectivity index (χ0v) is 9.34. The molecular formula is C9H16F3N3O. The summed E-state index contributed by atoms with van der Waals surface area (Å²) < 4.78 is 35.8. The summed E-state index contributed by atoms with van der Waals surface area (Å²) in [6.07, 6.45) is -4.79. The third-order valence-corrected chi connectivity index (χ3v) is 2.74. The number of amides is 1. The van der Waals surface area contributed by atoms with Crippen LogP contribution in [-0.4, -0.2) is 68.2 Å². The third-order valence-electron chi connectivity index (χ3n) is 2.74. The maximum atomic E-state index is 11.9. The Labute approximate surface area is 92.4 Å². The van der Waals surface area contributed by atoms with Crippen LogP contribution in [0.15, 0.2) is 0 Å². The molecule has 0 saturated carbocycles. The highest BCUT2D eigenvalue weighted by atomic mass is 19.4. The van der Waals surface area contributed by atoms with Crippen molar-refractivity contribution in [3.8, 4) is 0 Å². The summed E-state index contributed by atoms with van der Waals surface area (Å²) in [7, 11) is 3.75. The number of likely N-dealkylation sites (N-methyl/N-ethyl adjacent to an activating group) is 2. The van der Waals surface area contributed by atoms with E-state index in [-0.39, 0.29) is 12.6 Å². The Kier molecular flexibility index (Phi) is 4.15. The molecule has 1 rings (SSSR count). The molecular weight excluding hydrogens is 223 g/mol. The molecule has 0 radical (unpaired) electrons. The van der Waals surface area contributed by atoms with Crippen LogP contribution in [0.2, 0.25) is 0 Å². The van der Waals surface area contributed by atoms with Crippen LogP contribution in [0.5, 0.6) is 0 Å². The smallest absolute Gasteiger partial charge is 0.347 e. The SMILES string of the molecule is CN1CCN(C)C(CNC(=O)C(F)(F)F)C1. The largest absolute Gasteiger partial charge is 0.471 e. The van der Waals surface area contributed by atoms with Gasteiger partial charge >= 0.3 is 12.1 Å². The normalized spacial score (nSPS) is 24.4. The summed E-state index contributed by atoms with van der Waals surface area (Å²) in [6.45, 7) is 2.37. The molecule has 0 aromatic heterocycles. The van der Waals surface area contributed by atoms with Crippen LogP contribution >= 0.6 is 0 Å². The first-order valence-corrected chi connectivity index (χ1v) is 5.04. The van der Waals surface area contributed by atoms with Crippen LogP contribution in [0.25, 0.3) is 0 Å². The molecule has 16 heavy (non-hydrogen) atoms. The number of hydrogen-bond acceptors (Lipinski definition) is 3. The summed E-state index contributed by atoms with van der Waals surface area (Å²) in [5.74, 6) is -1.87. The Morgan fingerprint density at radius 2 is 2.00 bits per heavy atom. The monoisotopic (exact) mass is 239 g/mol. The second-order valence-electron chi connectivity index (χ2n) is 4.10. The fourth-order valence-corrected chi connectivity index (χ4v) is 1.63. The second-order valence-corrected chi connectivity index (χ2v) is 4.10. The Hall–Kier alpha value is -0.820. The van der Waals surface area contributed by atoms with Crippen molar-refractivity contribution in [2.24, 2.45) is 0 Å².